The lowest BCUT2D eigenvalue weighted by Gasteiger charge is -2.15. The highest BCUT2D eigenvalue weighted by atomic mass is 79.9. The fourth-order valence-electron chi connectivity index (χ4n) is 2.64. The van der Waals surface area contributed by atoms with Gasteiger partial charge < -0.3 is 5.73 Å². The molecule has 0 aliphatic heterocycles. The topological polar surface area (TPSA) is 26.0 Å². The molecule has 0 amide bonds. The number of halogens is 1. The smallest absolute Gasteiger partial charge is 0.0461 e. The number of anilines is 1. The molecule has 1 saturated carbocycles. The van der Waals surface area contributed by atoms with Crippen LogP contribution in [0.15, 0.2) is 22.7 Å². The number of rotatable bonds is 1. The Morgan fingerprint density at radius 2 is 2.00 bits per heavy atom. The quantitative estimate of drug-likeness (QED) is 0.585. The van der Waals surface area contributed by atoms with E-state index in [9.17, 15) is 0 Å². The van der Waals surface area contributed by atoms with Crippen LogP contribution in [0.2, 0.25) is 0 Å². The molecule has 1 aromatic carbocycles. The van der Waals surface area contributed by atoms with E-state index in [4.69, 9.17) is 5.73 Å². The monoisotopic (exact) mass is 281 g/mol. The predicted molar refractivity (Wildman–Crippen MR) is 73.5 cm³/mol. The SMILES string of the molecule is CC1CCCC(c2ccc(Br)c(N)c2)CC1. The summed E-state index contributed by atoms with van der Waals surface area (Å²) in [6.07, 6.45) is 6.76. The van der Waals surface area contributed by atoms with Crippen molar-refractivity contribution in [1.29, 1.82) is 0 Å². The van der Waals surface area contributed by atoms with Gasteiger partial charge in [-0.15, -0.1) is 0 Å². The Bertz CT molecular complexity index is 362. The van der Waals surface area contributed by atoms with Crippen molar-refractivity contribution in [3.05, 3.63) is 28.2 Å². The lowest BCUT2D eigenvalue weighted by Crippen LogP contribution is -1.99. The second kappa shape index (κ2) is 5.22. The largest absolute Gasteiger partial charge is 0.398 e. The third-order valence-electron chi connectivity index (χ3n) is 3.75. The summed E-state index contributed by atoms with van der Waals surface area (Å²) in [7, 11) is 0. The summed E-state index contributed by atoms with van der Waals surface area (Å²) < 4.78 is 1.01. The molecular weight excluding hydrogens is 262 g/mol. The van der Waals surface area contributed by atoms with Crippen molar-refractivity contribution in [2.24, 2.45) is 5.92 Å². The molecule has 2 rings (SSSR count). The van der Waals surface area contributed by atoms with Crippen LogP contribution < -0.4 is 5.73 Å². The van der Waals surface area contributed by atoms with Gasteiger partial charge in [-0.05, 0) is 58.3 Å². The number of nitrogen functional groups attached to an aromatic ring is 1. The molecule has 1 aliphatic rings. The van der Waals surface area contributed by atoms with E-state index < -0.39 is 0 Å². The Morgan fingerprint density at radius 3 is 2.75 bits per heavy atom. The zero-order valence-electron chi connectivity index (χ0n) is 9.88. The minimum absolute atomic E-state index is 0.723. The van der Waals surface area contributed by atoms with Gasteiger partial charge >= 0.3 is 0 Å². The van der Waals surface area contributed by atoms with Crippen LogP contribution in [0.25, 0.3) is 0 Å². The fraction of sp³-hybridized carbons (Fsp3) is 0.571. The van der Waals surface area contributed by atoms with Crippen molar-refractivity contribution in [3.8, 4) is 0 Å². The molecule has 0 aromatic heterocycles. The number of nitrogens with two attached hydrogens (primary N) is 1. The van der Waals surface area contributed by atoms with E-state index in [0.29, 0.717) is 0 Å². The summed E-state index contributed by atoms with van der Waals surface area (Å²) in [4.78, 5) is 0. The molecule has 1 nitrogen and oxygen atoms in total. The first-order chi connectivity index (χ1) is 7.66. The van der Waals surface area contributed by atoms with E-state index in [2.05, 4.69) is 41.1 Å². The molecule has 1 aliphatic carbocycles. The number of hydrogen-bond acceptors (Lipinski definition) is 1. The van der Waals surface area contributed by atoms with E-state index in [1.54, 1.807) is 0 Å². The van der Waals surface area contributed by atoms with Gasteiger partial charge in [-0.1, -0.05) is 32.3 Å². The van der Waals surface area contributed by atoms with Crippen LogP contribution in [0, 0.1) is 5.92 Å². The highest BCUT2D eigenvalue weighted by Crippen LogP contribution is 2.35. The van der Waals surface area contributed by atoms with Crippen LogP contribution >= 0.6 is 15.9 Å². The first kappa shape index (κ1) is 12.0. The standard InChI is InChI=1S/C14H20BrN/c1-10-3-2-4-11(6-5-10)12-7-8-13(15)14(16)9-12/h7-11H,2-6,16H2,1H3. The van der Waals surface area contributed by atoms with Crippen molar-refractivity contribution < 1.29 is 0 Å². The van der Waals surface area contributed by atoms with Crippen LogP contribution in [0.1, 0.15) is 50.5 Å². The third kappa shape index (κ3) is 2.79. The molecular formula is C14H20BrN. The Morgan fingerprint density at radius 1 is 1.19 bits per heavy atom. The average Bonchev–Trinajstić information content (AvgIpc) is 2.47. The maximum Gasteiger partial charge on any atom is 0.0461 e. The molecule has 16 heavy (non-hydrogen) atoms. The van der Waals surface area contributed by atoms with Crippen molar-refractivity contribution >= 4 is 21.6 Å². The van der Waals surface area contributed by atoms with Crippen LogP contribution in [0.4, 0.5) is 5.69 Å². The van der Waals surface area contributed by atoms with Gasteiger partial charge in [0.15, 0.2) is 0 Å². The van der Waals surface area contributed by atoms with Crippen molar-refractivity contribution in [2.75, 3.05) is 5.73 Å². The summed E-state index contributed by atoms with van der Waals surface area (Å²) in [5.74, 6) is 1.62. The Labute approximate surface area is 107 Å². The second-order valence-electron chi connectivity index (χ2n) is 5.09. The molecule has 1 fully saturated rings. The van der Waals surface area contributed by atoms with E-state index in [1.807, 2.05) is 0 Å². The summed E-state index contributed by atoms with van der Waals surface area (Å²) in [5, 5.41) is 0. The van der Waals surface area contributed by atoms with Crippen molar-refractivity contribution in [2.45, 2.75) is 44.9 Å². The summed E-state index contributed by atoms with van der Waals surface area (Å²) in [5.41, 5.74) is 8.24. The van der Waals surface area contributed by atoms with Crippen LogP contribution in [0.5, 0.6) is 0 Å². The average molecular weight is 282 g/mol. The van der Waals surface area contributed by atoms with E-state index >= 15 is 0 Å². The molecule has 88 valence electrons. The third-order valence-corrected chi connectivity index (χ3v) is 4.47. The summed E-state index contributed by atoms with van der Waals surface area (Å²) in [6.45, 7) is 2.37. The van der Waals surface area contributed by atoms with Crippen LogP contribution in [-0.2, 0) is 0 Å². The first-order valence-electron chi connectivity index (χ1n) is 6.21. The lowest BCUT2D eigenvalue weighted by molar-refractivity contribution is 0.499. The Hall–Kier alpha value is -0.500. The molecule has 2 atom stereocenters. The second-order valence-corrected chi connectivity index (χ2v) is 5.95. The predicted octanol–water partition coefficient (Wildman–Crippen LogP) is 4.72. The summed E-state index contributed by atoms with van der Waals surface area (Å²) in [6, 6.07) is 6.45. The van der Waals surface area contributed by atoms with Crippen molar-refractivity contribution in [1.82, 2.24) is 0 Å². The zero-order chi connectivity index (χ0) is 11.5. The van der Waals surface area contributed by atoms with Gasteiger partial charge in [0.05, 0.1) is 0 Å². The highest BCUT2D eigenvalue weighted by Gasteiger charge is 2.18. The highest BCUT2D eigenvalue weighted by molar-refractivity contribution is 9.10. The molecule has 0 spiro atoms. The molecule has 1 aromatic rings. The van der Waals surface area contributed by atoms with E-state index in [0.717, 1.165) is 22.0 Å². The van der Waals surface area contributed by atoms with Gasteiger partial charge in [-0.3, -0.25) is 0 Å². The minimum atomic E-state index is 0.723. The van der Waals surface area contributed by atoms with Gasteiger partial charge in [0, 0.05) is 10.2 Å². The van der Waals surface area contributed by atoms with Gasteiger partial charge in [0.2, 0.25) is 0 Å². The van der Waals surface area contributed by atoms with E-state index in [-0.39, 0.29) is 0 Å². The molecule has 0 radical (unpaired) electrons. The van der Waals surface area contributed by atoms with Crippen LogP contribution in [0.3, 0.4) is 0 Å². The molecule has 0 bridgehead atoms. The molecule has 0 saturated heterocycles. The summed E-state index contributed by atoms with van der Waals surface area (Å²) >= 11 is 3.45. The fourth-order valence-corrected chi connectivity index (χ4v) is 2.88. The van der Waals surface area contributed by atoms with Crippen molar-refractivity contribution in [3.63, 3.8) is 0 Å². The van der Waals surface area contributed by atoms with Gasteiger partial charge in [-0.25, -0.2) is 0 Å². The molecule has 2 N–H and O–H groups in total. The number of hydrogen-bond donors (Lipinski definition) is 1. The maximum atomic E-state index is 5.95. The Balaban J connectivity index is 2.13. The first-order valence-corrected chi connectivity index (χ1v) is 7.01. The van der Waals surface area contributed by atoms with Gasteiger partial charge in [0.1, 0.15) is 0 Å². The van der Waals surface area contributed by atoms with Gasteiger partial charge in [-0.2, -0.15) is 0 Å². The lowest BCUT2D eigenvalue weighted by atomic mass is 9.91. The Kier molecular flexibility index (Phi) is 3.91. The molecule has 0 heterocycles. The van der Waals surface area contributed by atoms with Gasteiger partial charge in [0.25, 0.3) is 0 Å². The van der Waals surface area contributed by atoms with E-state index in [1.165, 1.54) is 37.7 Å². The zero-order valence-corrected chi connectivity index (χ0v) is 11.5. The molecule has 2 heteroatoms. The number of benzene rings is 1. The minimum Gasteiger partial charge on any atom is -0.398 e. The molecule has 2 unspecified atom stereocenters. The maximum absolute atomic E-state index is 5.95. The normalized spacial score (nSPS) is 26.4. The van der Waals surface area contributed by atoms with Crippen LogP contribution in [-0.4, -0.2) is 0 Å².